The van der Waals surface area contributed by atoms with Gasteiger partial charge < -0.3 is 19.6 Å². The molecule has 1 N–H and O–H groups in total. The van der Waals surface area contributed by atoms with E-state index in [1.807, 2.05) is 35.2 Å². The second kappa shape index (κ2) is 15.9. The molecule has 2 aromatic rings. The van der Waals surface area contributed by atoms with Crippen LogP contribution in [0.1, 0.15) is 94.3 Å². The van der Waals surface area contributed by atoms with Gasteiger partial charge in [-0.2, -0.15) is 13.2 Å². The third-order valence-electron chi connectivity index (χ3n) is 10.9. The van der Waals surface area contributed by atoms with E-state index in [0.717, 1.165) is 82.3 Å². The molecule has 1 atom stereocenters. The number of hydrogen-bond acceptors (Lipinski definition) is 6. The van der Waals surface area contributed by atoms with Gasteiger partial charge >= 0.3 is 18.2 Å². The molecule has 2 amide bonds. The number of likely N-dealkylation sites (tertiary alicyclic amines) is 2. The highest BCUT2D eigenvalue weighted by Gasteiger charge is 2.50. The number of nitrogens with zero attached hydrogens (tertiary/aromatic N) is 4. The van der Waals surface area contributed by atoms with E-state index in [2.05, 4.69) is 21.7 Å². The molecule has 1 unspecified atom stereocenters. The van der Waals surface area contributed by atoms with Crippen LogP contribution >= 0.6 is 0 Å². The van der Waals surface area contributed by atoms with Crippen LogP contribution in [-0.4, -0.2) is 99.8 Å². The fourth-order valence-electron chi connectivity index (χ4n) is 8.12. The van der Waals surface area contributed by atoms with Crippen molar-refractivity contribution in [3.63, 3.8) is 0 Å². The zero-order chi connectivity index (χ0) is 34.3. The molecular weight excluding hydrogens is 625 g/mol. The number of piperidine rings is 2. The summed E-state index contributed by atoms with van der Waals surface area (Å²) in [6.45, 7) is 7.53. The molecule has 6 rings (SSSR count). The van der Waals surface area contributed by atoms with E-state index in [9.17, 15) is 22.8 Å². The summed E-state index contributed by atoms with van der Waals surface area (Å²) in [4.78, 5) is 46.8. The van der Waals surface area contributed by atoms with E-state index in [4.69, 9.17) is 14.6 Å². The van der Waals surface area contributed by atoms with Gasteiger partial charge in [0.15, 0.2) is 0 Å². The summed E-state index contributed by atoms with van der Waals surface area (Å²) in [5, 5.41) is 8.13. The number of rotatable bonds is 7. The number of hydrogen-bond donors (Lipinski definition) is 1. The maximum Gasteiger partial charge on any atom is 0.490 e. The molecule has 1 aromatic carbocycles. The van der Waals surface area contributed by atoms with Crippen LogP contribution < -0.4 is 0 Å². The smallest absolute Gasteiger partial charge is 0.475 e. The number of unbranched alkanes of at least 4 members (excludes halogenated alkanes) is 1. The molecule has 12 heteroatoms. The summed E-state index contributed by atoms with van der Waals surface area (Å²) in [5.74, 6) is -1.59. The van der Waals surface area contributed by atoms with Crippen molar-refractivity contribution in [1.82, 2.24) is 19.7 Å². The lowest BCUT2D eigenvalue weighted by atomic mass is 9.75. The van der Waals surface area contributed by atoms with Crippen LogP contribution in [-0.2, 0) is 9.53 Å². The Hall–Kier alpha value is -3.41. The van der Waals surface area contributed by atoms with Crippen molar-refractivity contribution in [3.05, 3.63) is 42.1 Å². The number of carbonyl (C=O) groups is 3. The summed E-state index contributed by atoms with van der Waals surface area (Å²) >= 11 is 0. The summed E-state index contributed by atoms with van der Waals surface area (Å²) in [6, 6.07) is 10.3. The number of carboxylic acid groups (broad SMARTS) is 1. The number of aromatic nitrogens is 1. The molecule has 0 bridgehead atoms. The molecule has 3 saturated heterocycles. The molecule has 1 spiro atoms. The van der Waals surface area contributed by atoms with E-state index in [-0.39, 0.29) is 17.6 Å². The number of fused-ring (bicyclic) bond motifs is 1. The van der Waals surface area contributed by atoms with Gasteiger partial charge in [-0.15, -0.1) is 0 Å². The molecule has 264 valence electrons. The zero-order valence-corrected chi connectivity index (χ0v) is 27.9. The number of amides is 2. The normalized spacial score (nSPS) is 22.7. The Bertz CT molecular complexity index is 1390. The number of halogens is 3. The lowest BCUT2D eigenvalue weighted by Crippen LogP contribution is -2.61. The first-order chi connectivity index (χ1) is 23.0. The molecule has 4 heterocycles. The van der Waals surface area contributed by atoms with Crippen LogP contribution in [0.15, 0.2) is 36.5 Å². The highest BCUT2D eigenvalue weighted by Crippen LogP contribution is 2.42. The molecule has 1 aromatic heterocycles. The average Bonchev–Trinajstić information content (AvgIpc) is 3.09. The van der Waals surface area contributed by atoms with Crippen molar-refractivity contribution in [3.8, 4) is 0 Å². The predicted octanol–water partition coefficient (Wildman–Crippen LogP) is 7.15. The second-order valence-electron chi connectivity index (χ2n) is 13.9. The molecule has 3 aliphatic heterocycles. The molecule has 0 radical (unpaired) electrons. The van der Waals surface area contributed by atoms with Gasteiger partial charge in [0.25, 0.3) is 5.91 Å². The first-order valence-corrected chi connectivity index (χ1v) is 17.7. The summed E-state index contributed by atoms with van der Waals surface area (Å²) in [6.07, 6.45) is 10.5. The number of benzene rings is 1. The standard InChI is InChI=1S/C34H48N4O3.C2HF3O2/c1-2-3-13-28-25-38(24-26-9-5-4-6-10-26)33(40)41-34(28)17-22-36(23-18-34)29-15-20-37(21-16-29)32(39)30-14-7-11-27-12-8-19-35-31(27)30;3-2(4,5)1(6)7/h7-8,11-12,14,19,26,28-29H,2-6,9-10,13,15-18,20-25H2,1H3;(H,6,7). The Kier molecular flexibility index (Phi) is 11.9. The van der Waals surface area contributed by atoms with Crippen molar-refractivity contribution in [2.24, 2.45) is 11.8 Å². The molecule has 1 aliphatic carbocycles. The highest BCUT2D eigenvalue weighted by atomic mass is 19.4. The van der Waals surface area contributed by atoms with Gasteiger partial charge in [0.05, 0.1) is 11.1 Å². The maximum atomic E-state index is 13.4. The van der Waals surface area contributed by atoms with Gasteiger partial charge in [-0.05, 0) is 50.2 Å². The van der Waals surface area contributed by atoms with E-state index in [1.165, 1.54) is 44.9 Å². The topological polar surface area (TPSA) is 103 Å². The van der Waals surface area contributed by atoms with E-state index in [0.29, 0.717) is 23.4 Å². The quantitative estimate of drug-likeness (QED) is 0.333. The summed E-state index contributed by atoms with van der Waals surface area (Å²) in [7, 11) is 0. The van der Waals surface area contributed by atoms with Crippen LogP contribution in [0.2, 0.25) is 0 Å². The fourth-order valence-corrected chi connectivity index (χ4v) is 8.12. The number of aliphatic carboxylic acids is 1. The third kappa shape index (κ3) is 8.59. The predicted molar refractivity (Wildman–Crippen MR) is 176 cm³/mol. The van der Waals surface area contributed by atoms with Crippen molar-refractivity contribution in [2.75, 3.05) is 39.3 Å². The Labute approximate surface area is 280 Å². The largest absolute Gasteiger partial charge is 0.490 e. The number of para-hydroxylation sites is 1. The van der Waals surface area contributed by atoms with Crippen molar-refractivity contribution in [1.29, 1.82) is 0 Å². The SMILES string of the molecule is CCCCC1CN(CC2CCCCC2)C(=O)OC12CCN(C1CCN(C(=O)c3cccc4cccnc34)CC1)CC2.O=C(O)C(F)(F)F. The Morgan fingerprint density at radius 3 is 2.31 bits per heavy atom. The van der Waals surface area contributed by atoms with Crippen LogP contribution in [0.25, 0.3) is 10.9 Å². The summed E-state index contributed by atoms with van der Waals surface area (Å²) in [5.41, 5.74) is 1.20. The first-order valence-electron chi connectivity index (χ1n) is 17.7. The second-order valence-corrected chi connectivity index (χ2v) is 13.9. The monoisotopic (exact) mass is 674 g/mol. The number of alkyl halides is 3. The van der Waals surface area contributed by atoms with Crippen molar-refractivity contribution < 1.29 is 37.4 Å². The summed E-state index contributed by atoms with van der Waals surface area (Å²) < 4.78 is 38.2. The zero-order valence-electron chi connectivity index (χ0n) is 27.9. The Morgan fingerprint density at radius 1 is 1.00 bits per heavy atom. The molecule has 4 fully saturated rings. The maximum absolute atomic E-state index is 13.4. The van der Waals surface area contributed by atoms with Gasteiger partial charge in [0.1, 0.15) is 5.60 Å². The lowest BCUT2D eigenvalue weighted by molar-refractivity contribution is -0.192. The third-order valence-corrected chi connectivity index (χ3v) is 10.9. The van der Waals surface area contributed by atoms with Crippen LogP contribution in [0, 0.1) is 11.8 Å². The van der Waals surface area contributed by atoms with Gasteiger partial charge in [-0.3, -0.25) is 14.7 Å². The van der Waals surface area contributed by atoms with Gasteiger partial charge in [-0.1, -0.05) is 57.2 Å². The van der Waals surface area contributed by atoms with Crippen molar-refractivity contribution >= 4 is 28.9 Å². The van der Waals surface area contributed by atoms with Crippen LogP contribution in [0.4, 0.5) is 18.0 Å². The van der Waals surface area contributed by atoms with E-state index >= 15 is 0 Å². The van der Waals surface area contributed by atoms with Crippen LogP contribution in [0.5, 0.6) is 0 Å². The number of ether oxygens (including phenoxy) is 1. The molecule has 48 heavy (non-hydrogen) atoms. The van der Waals surface area contributed by atoms with Gasteiger partial charge in [0, 0.05) is 75.7 Å². The van der Waals surface area contributed by atoms with Crippen LogP contribution in [0.3, 0.4) is 0 Å². The fraction of sp³-hybridized carbons (Fsp3) is 0.667. The molecule has 9 nitrogen and oxygen atoms in total. The number of carboxylic acids is 1. The minimum absolute atomic E-state index is 0.0634. The first kappa shape index (κ1) is 35.9. The Morgan fingerprint density at radius 2 is 1.67 bits per heavy atom. The van der Waals surface area contributed by atoms with Gasteiger partial charge in [0.2, 0.25) is 0 Å². The average molecular weight is 675 g/mol. The molecular formula is C36H49F3N4O5. The lowest BCUT2D eigenvalue weighted by Gasteiger charge is -2.52. The van der Waals surface area contributed by atoms with E-state index < -0.39 is 12.1 Å². The van der Waals surface area contributed by atoms with Crippen molar-refractivity contribution in [2.45, 2.75) is 102 Å². The molecule has 4 aliphatic rings. The Balaban J connectivity index is 0.000000582. The number of pyridine rings is 1. The molecule has 1 saturated carbocycles. The van der Waals surface area contributed by atoms with E-state index in [1.54, 1.807) is 6.20 Å². The minimum Gasteiger partial charge on any atom is -0.475 e. The minimum atomic E-state index is -5.08. The van der Waals surface area contributed by atoms with Gasteiger partial charge in [-0.25, -0.2) is 9.59 Å². The highest BCUT2D eigenvalue weighted by molar-refractivity contribution is 6.05. The number of carbonyl (C=O) groups excluding carboxylic acids is 2.